The minimum absolute atomic E-state index is 0.0715. The Morgan fingerprint density at radius 3 is 2.53 bits per heavy atom. The van der Waals surface area contributed by atoms with Gasteiger partial charge in [-0.15, -0.1) is 0 Å². The normalized spacial score (nSPS) is 14.6. The molecule has 1 amide bonds. The highest BCUT2D eigenvalue weighted by atomic mass is 19.1. The largest absolute Gasteiger partial charge is 0.497 e. The van der Waals surface area contributed by atoms with Crippen molar-refractivity contribution in [3.8, 4) is 5.75 Å². The Morgan fingerprint density at radius 2 is 1.83 bits per heavy atom. The fourth-order valence-electron chi connectivity index (χ4n) is 4.17. The predicted octanol–water partition coefficient (Wildman–Crippen LogP) is 4.65. The lowest BCUT2D eigenvalue weighted by atomic mass is 9.93. The molecule has 156 valence electrons. The predicted molar refractivity (Wildman–Crippen MR) is 114 cm³/mol. The van der Waals surface area contributed by atoms with E-state index in [2.05, 4.69) is 4.98 Å². The van der Waals surface area contributed by atoms with Gasteiger partial charge >= 0.3 is 0 Å². The summed E-state index contributed by atoms with van der Waals surface area (Å²) in [6.45, 7) is 0.220. The van der Waals surface area contributed by atoms with Gasteiger partial charge in [-0.25, -0.2) is 4.39 Å². The molecule has 2 aromatic carbocycles. The van der Waals surface area contributed by atoms with Crippen LogP contribution in [0.3, 0.4) is 0 Å². The van der Waals surface area contributed by atoms with E-state index in [0.29, 0.717) is 22.4 Å². The van der Waals surface area contributed by atoms with E-state index in [1.54, 1.807) is 18.1 Å². The molecule has 0 saturated heterocycles. The van der Waals surface area contributed by atoms with Gasteiger partial charge in [0.25, 0.3) is 11.5 Å². The van der Waals surface area contributed by atoms with E-state index in [-0.39, 0.29) is 29.9 Å². The Balaban J connectivity index is 1.68. The standard InChI is InChI=1S/C24H25FN2O3/c1-30-21-12-9-17-13-18(23(28)26-22(17)14-21)15-27(20-5-3-2-4-6-20)24(29)16-7-10-19(25)11-8-16/h7-14,20H,2-6,15H2,1H3,(H,26,28). The van der Waals surface area contributed by atoms with Crippen LogP contribution in [0, 0.1) is 5.82 Å². The molecular formula is C24H25FN2O3. The quantitative estimate of drug-likeness (QED) is 0.668. The zero-order valence-electron chi connectivity index (χ0n) is 17.0. The number of rotatable bonds is 5. The third kappa shape index (κ3) is 4.22. The average Bonchev–Trinajstić information content (AvgIpc) is 2.78. The van der Waals surface area contributed by atoms with Gasteiger partial charge in [0.1, 0.15) is 11.6 Å². The maximum atomic E-state index is 13.3. The van der Waals surface area contributed by atoms with Gasteiger partial charge in [-0.3, -0.25) is 9.59 Å². The first-order valence-corrected chi connectivity index (χ1v) is 10.3. The zero-order chi connectivity index (χ0) is 21.1. The second-order valence-electron chi connectivity index (χ2n) is 7.81. The van der Waals surface area contributed by atoms with E-state index in [9.17, 15) is 14.0 Å². The number of aromatic amines is 1. The van der Waals surface area contributed by atoms with Gasteiger partial charge in [-0.2, -0.15) is 0 Å². The Hall–Kier alpha value is -3.15. The maximum Gasteiger partial charge on any atom is 0.254 e. The second kappa shape index (κ2) is 8.69. The van der Waals surface area contributed by atoms with Crippen LogP contribution < -0.4 is 10.3 Å². The SMILES string of the molecule is COc1ccc2cc(CN(C(=O)c3ccc(F)cc3)C3CCCCC3)c(=O)[nH]c2c1. The number of hydrogen-bond acceptors (Lipinski definition) is 3. The van der Waals surface area contributed by atoms with E-state index < -0.39 is 0 Å². The van der Waals surface area contributed by atoms with Crippen LogP contribution in [0.15, 0.2) is 53.3 Å². The molecule has 0 aliphatic heterocycles. The van der Waals surface area contributed by atoms with Crippen molar-refractivity contribution in [2.45, 2.75) is 44.7 Å². The number of pyridine rings is 1. The number of carbonyl (C=O) groups is 1. The van der Waals surface area contributed by atoms with E-state index in [4.69, 9.17) is 4.74 Å². The minimum Gasteiger partial charge on any atom is -0.497 e. The summed E-state index contributed by atoms with van der Waals surface area (Å²) in [5, 5.41) is 0.878. The second-order valence-corrected chi connectivity index (χ2v) is 7.81. The number of nitrogens with zero attached hydrogens (tertiary/aromatic N) is 1. The maximum absolute atomic E-state index is 13.3. The first-order valence-electron chi connectivity index (χ1n) is 10.3. The molecule has 30 heavy (non-hydrogen) atoms. The molecule has 1 N–H and O–H groups in total. The lowest BCUT2D eigenvalue weighted by Crippen LogP contribution is -2.42. The molecule has 6 heteroatoms. The van der Waals surface area contributed by atoms with Crippen LogP contribution in [0.1, 0.15) is 48.0 Å². The van der Waals surface area contributed by atoms with Crippen molar-refractivity contribution in [3.05, 3.63) is 75.8 Å². The molecule has 1 saturated carbocycles. The molecule has 0 atom stereocenters. The summed E-state index contributed by atoms with van der Waals surface area (Å²) < 4.78 is 18.6. The molecule has 0 unspecified atom stereocenters. The zero-order valence-corrected chi connectivity index (χ0v) is 17.0. The van der Waals surface area contributed by atoms with Crippen molar-refractivity contribution >= 4 is 16.8 Å². The number of ether oxygens (including phenoxy) is 1. The van der Waals surface area contributed by atoms with Gasteiger partial charge in [0, 0.05) is 23.2 Å². The molecule has 0 spiro atoms. The summed E-state index contributed by atoms with van der Waals surface area (Å²) in [5.41, 5.74) is 1.44. The number of amides is 1. The molecule has 1 aliphatic carbocycles. The average molecular weight is 408 g/mol. The molecule has 1 heterocycles. The van der Waals surface area contributed by atoms with Crippen LogP contribution in [-0.4, -0.2) is 28.9 Å². The lowest BCUT2D eigenvalue weighted by molar-refractivity contribution is 0.0613. The summed E-state index contributed by atoms with van der Waals surface area (Å²) >= 11 is 0. The van der Waals surface area contributed by atoms with E-state index >= 15 is 0 Å². The number of aromatic nitrogens is 1. The first-order chi connectivity index (χ1) is 14.5. The fraction of sp³-hybridized carbons (Fsp3) is 0.333. The molecule has 1 fully saturated rings. The van der Waals surface area contributed by atoms with E-state index in [0.717, 1.165) is 37.5 Å². The Labute approximate surface area is 174 Å². The smallest absolute Gasteiger partial charge is 0.254 e. The van der Waals surface area contributed by atoms with Crippen molar-refractivity contribution in [1.29, 1.82) is 0 Å². The summed E-state index contributed by atoms with van der Waals surface area (Å²) in [6, 6.07) is 13.0. The number of halogens is 1. The number of H-pyrrole nitrogens is 1. The van der Waals surface area contributed by atoms with Gasteiger partial charge in [0.2, 0.25) is 0 Å². The minimum atomic E-state index is -0.378. The Morgan fingerprint density at radius 1 is 1.10 bits per heavy atom. The van der Waals surface area contributed by atoms with Crippen LogP contribution in [0.5, 0.6) is 5.75 Å². The summed E-state index contributed by atoms with van der Waals surface area (Å²) in [6.07, 6.45) is 5.11. The topological polar surface area (TPSA) is 62.4 Å². The number of hydrogen-bond donors (Lipinski definition) is 1. The molecular weight excluding hydrogens is 383 g/mol. The monoisotopic (exact) mass is 408 g/mol. The first kappa shape index (κ1) is 20.1. The molecule has 4 rings (SSSR count). The molecule has 3 aromatic rings. The molecule has 0 radical (unpaired) electrons. The van der Waals surface area contributed by atoms with Crippen molar-refractivity contribution in [3.63, 3.8) is 0 Å². The van der Waals surface area contributed by atoms with Gasteiger partial charge in [0.15, 0.2) is 0 Å². The number of benzene rings is 2. The number of carbonyl (C=O) groups excluding carboxylic acids is 1. The van der Waals surface area contributed by atoms with Crippen LogP contribution in [0.2, 0.25) is 0 Å². The number of nitrogens with one attached hydrogen (secondary N) is 1. The third-order valence-electron chi connectivity index (χ3n) is 5.84. The third-order valence-corrected chi connectivity index (χ3v) is 5.84. The molecule has 5 nitrogen and oxygen atoms in total. The van der Waals surface area contributed by atoms with Crippen LogP contribution in [0.25, 0.3) is 10.9 Å². The van der Waals surface area contributed by atoms with E-state index in [1.807, 2.05) is 18.2 Å². The van der Waals surface area contributed by atoms with Gasteiger partial charge in [0.05, 0.1) is 19.2 Å². The molecule has 0 bridgehead atoms. The Bertz CT molecular complexity index is 1100. The summed E-state index contributed by atoms with van der Waals surface area (Å²) in [7, 11) is 1.58. The highest BCUT2D eigenvalue weighted by Gasteiger charge is 2.27. The lowest BCUT2D eigenvalue weighted by Gasteiger charge is -2.34. The van der Waals surface area contributed by atoms with Crippen molar-refractivity contribution in [2.24, 2.45) is 0 Å². The number of fused-ring (bicyclic) bond motifs is 1. The molecule has 1 aromatic heterocycles. The van der Waals surface area contributed by atoms with Crippen LogP contribution in [0.4, 0.5) is 4.39 Å². The van der Waals surface area contributed by atoms with Gasteiger partial charge in [-0.1, -0.05) is 19.3 Å². The Kier molecular flexibility index (Phi) is 5.84. The van der Waals surface area contributed by atoms with E-state index in [1.165, 1.54) is 24.3 Å². The summed E-state index contributed by atoms with van der Waals surface area (Å²) in [4.78, 5) is 30.8. The van der Waals surface area contributed by atoms with Gasteiger partial charge in [-0.05, 0) is 60.7 Å². The number of methoxy groups -OCH3 is 1. The van der Waals surface area contributed by atoms with Crippen LogP contribution >= 0.6 is 0 Å². The summed E-state index contributed by atoms with van der Waals surface area (Å²) in [5.74, 6) is 0.120. The highest BCUT2D eigenvalue weighted by molar-refractivity contribution is 5.94. The van der Waals surface area contributed by atoms with Crippen LogP contribution in [-0.2, 0) is 6.54 Å². The highest BCUT2D eigenvalue weighted by Crippen LogP contribution is 2.26. The van der Waals surface area contributed by atoms with Crippen molar-refractivity contribution in [2.75, 3.05) is 7.11 Å². The fourth-order valence-corrected chi connectivity index (χ4v) is 4.17. The van der Waals surface area contributed by atoms with Gasteiger partial charge < -0.3 is 14.6 Å². The molecule has 1 aliphatic rings. The van der Waals surface area contributed by atoms with Crippen molar-refractivity contribution < 1.29 is 13.9 Å². The van der Waals surface area contributed by atoms with Crippen molar-refractivity contribution in [1.82, 2.24) is 9.88 Å².